The molecule has 1 N–H and O–H groups in total. The second kappa shape index (κ2) is 5.23. The summed E-state index contributed by atoms with van der Waals surface area (Å²) in [5.74, 6) is 0.596. The second-order valence-electron chi connectivity index (χ2n) is 5.79. The molecule has 1 atom stereocenters. The summed E-state index contributed by atoms with van der Waals surface area (Å²) in [7, 11) is 0. The fraction of sp³-hybridized carbons (Fsp3) is 0.533. The zero-order valence-corrected chi connectivity index (χ0v) is 11.5. The van der Waals surface area contributed by atoms with Crippen molar-refractivity contribution in [2.45, 2.75) is 34.6 Å². The van der Waals surface area contributed by atoms with Gasteiger partial charge < -0.3 is 5.32 Å². The molecule has 92 valence electrons. The first-order valence-electron chi connectivity index (χ1n) is 6.09. The molecule has 0 radical (unpaired) electrons. The van der Waals surface area contributed by atoms with E-state index in [1.54, 1.807) is 0 Å². The van der Waals surface area contributed by atoms with E-state index in [-0.39, 0.29) is 0 Å². The third-order valence-corrected chi connectivity index (χ3v) is 3.44. The van der Waals surface area contributed by atoms with Crippen molar-refractivity contribution in [2.75, 3.05) is 11.9 Å². The standard InChI is InChI=1S/C15H22N2/c1-11-8-14(7-6-13(11)9-16)17-10-12(2)15(3,4)5/h6-8,12,17H,10H2,1-5H3. The highest BCUT2D eigenvalue weighted by atomic mass is 14.9. The van der Waals surface area contributed by atoms with Crippen LogP contribution in [0.4, 0.5) is 5.69 Å². The van der Waals surface area contributed by atoms with Crippen LogP contribution in [0.3, 0.4) is 0 Å². The van der Waals surface area contributed by atoms with E-state index in [0.29, 0.717) is 11.3 Å². The Kier molecular flexibility index (Phi) is 4.17. The van der Waals surface area contributed by atoms with Gasteiger partial charge in [0.25, 0.3) is 0 Å². The molecule has 0 aliphatic rings. The van der Waals surface area contributed by atoms with Gasteiger partial charge in [0.05, 0.1) is 11.6 Å². The van der Waals surface area contributed by atoms with Crippen molar-refractivity contribution in [3.63, 3.8) is 0 Å². The van der Waals surface area contributed by atoms with Crippen molar-refractivity contribution in [3.05, 3.63) is 29.3 Å². The fourth-order valence-electron chi connectivity index (χ4n) is 1.48. The van der Waals surface area contributed by atoms with Crippen LogP contribution in [0.15, 0.2) is 18.2 Å². The van der Waals surface area contributed by atoms with Gasteiger partial charge in [-0.2, -0.15) is 5.26 Å². The minimum atomic E-state index is 0.314. The number of benzene rings is 1. The third kappa shape index (κ3) is 3.78. The van der Waals surface area contributed by atoms with Gasteiger partial charge in [-0.25, -0.2) is 0 Å². The number of nitrogens with one attached hydrogen (secondary N) is 1. The normalized spacial score (nSPS) is 12.9. The van der Waals surface area contributed by atoms with Gasteiger partial charge in [-0.1, -0.05) is 27.7 Å². The number of rotatable bonds is 3. The highest BCUT2D eigenvalue weighted by Gasteiger charge is 2.19. The van der Waals surface area contributed by atoms with Gasteiger partial charge in [-0.3, -0.25) is 0 Å². The molecule has 1 unspecified atom stereocenters. The Morgan fingerprint density at radius 2 is 2.00 bits per heavy atom. The molecular formula is C15H22N2. The van der Waals surface area contributed by atoms with E-state index in [4.69, 9.17) is 5.26 Å². The van der Waals surface area contributed by atoms with Gasteiger partial charge in [-0.05, 0) is 42.0 Å². The molecule has 0 aliphatic heterocycles. The molecule has 2 nitrogen and oxygen atoms in total. The Bertz CT molecular complexity index is 422. The Hall–Kier alpha value is -1.49. The van der Waals surface area contributed by atoms with Crippen molar-refractivity contribution in [3.8, 4) is 6.07 Å². The summed E-state index contributed by atoms with van der Waals surface area (Å²) < 4.78 is 0. The van der Waals surface area contributed by atoms with E-state index >= 15 is 0 Å². The van der Waals surface area contributed by atoms with E-state index in [1.165, 1.54) is 0 Å². The van der Waals surface area contributed by atoms with Crippen LogP contribution in [0.5, 0.6) is 0 Å². The largest absolute Gasteiger partial charge is 0.385 e. The molecule has 0 saturated heterocycles. The maximum Gasteiger partial charge on any atom is 0.0994 e. The topological polar surface area (TPSA) is 35.8 Å². The molecule has 0 amide bonds. The quantitative estimate of drug-likeness (QED) is 0.853. The molecule has 0 bridgehead atoms. The molecule has 1 aromatic carbocycles. The van der Waals surface area contributed by atoms with Gasteiger partial charge >= 0.3 is 0 Å². The molecule has 0 aliphatic carbocycles. The van der Waals surface area contributed by atoms with Crippen molar-refractivity contribution in [1.82, 2.24) is 0 Å². The minimum Gasteiger partial charge on any atom is -0.385 e. The summed E-state index contributed by atoms with van der Waals surface area (Å²) in [6.07, 6.45) is 0. The van der Waals surface area contributed by atoms with E-state index in [0.717, 1.165) is 23.4 Å². The highest BCUT2D eigenvalue weighted by Crippen LogP contribution is 2.25. The average molecular weight is 230 g/mol. The van der Waals surface area contributed by atoms with E-state index < -0.39 is 0 Å². The second-order valence-corrected chi connectivity index (χ2v) is 5.79. The highest BCUT2D eigenvalue weighted by molar-refractivity contribution is 5.51. The van der Waals surface area contributed by atoms with Crippen LogP contribution in [0.25, 0.3) is 0 Å². The van der Waals surface area contributed by atoms with Gasteiger partial charge in [0.15, 0.2) is 0 Å². The predicted octanol–water partition coefficient (Wildman–Crippen LogP) is 3.96. The number of nitrogens with zero attached hydrogens (tertiary/aromatic N) is 1. The SMILES string of the molecule is Cc1cc(NCC(C)C(C)(C)C)ccc1C#N. The molecular weight excluding hydrogens is 208 g/mol. The molecule has 0 fully saturated rings. The van der Waals surface area contributed by atoms with Crippen LogP contribution < -0.4 is 5.32 Å². The van der Waals surface area contributed by atoms with Crippen LogP contribution in [0.2, 0.25) is 0 Å². The van der Waals surface area contributed by atoms with E-state index in [9.17, 15) is 0 Å². The van der Waals surface area contributed by atoms with Crippen molar-refractivity contribution < 1.29 is 0 Å². The first-order valence-corrected chi connectivity index (χ1v) is 6.09. The van der Waals surface area contributed by atoms with Crippen LogP contribution >= 0.6 is 0 Å². The Labute approximate surface area is 105 Å². The molecule has 1 rings (SSSR count). The van der Waals surface area contributed by atoms with Crippen LogP contribution in [0, 0.1) is 29.6 Å². The number of aryl methyl sites for hydroxylation is 1. The number of nitriles is 1. The van der Waals surface area contributed by atoms with Crippen molar-refractivity contribution >= 4 is 5.69 Å². The van der Waals surface area contributed by atoms with Crippen LogP contribution in [0.1, 0.15) is 38.8 Å². The first-order chi connectivity index (χ1) is 7.84. The van der Waals surface area contributed by atoms with Gasteiger partial charge in [0.2, 0.25) is 0 Å². The van der Waals surface area contributed by atoms with Crippen LogP contribution in [-0.4, -0.2) is 6.54 Å². The average Bonchev–Trinajstić information content (AvgIpc) is 2.24. The van der Waals surface area contributed by atoms with Crippen molar-refractivity contribution in [1.29, 1.82) is 5.26 Å². The minimum absolute atomic E-state index is 0.314. The summed E-state index contributed by atoms with van der Waals surface area (Å²) in [5.41, 5.74) is 3.19. The monoisotopic (exact) mass is 230 g/mol. The van der Waals surface area contributed by atoms with Crippen molar-refractivity contribution in [2.24, 2.45) is 11.3 Å². The lowest BCUT2D eigenvalue weighted by Gasteiger charge is -2.27. The van der Waals surface area contributed by atoms with Gasteiger partial charge in [-0.15, -0.1) is 0 Å². The zero-order valence-electron chi connectivity index (χ0n) is 11.5. The maximum absolute atomic E-state index is 8.86. The lowest BCUT2D eigenvalue weighted by molar-refractivity contribution is 0.274. The molecule has 0 saturated carbocycles. The number of hydrogen-bond donors (Lipinski definition) is 1. The summed E-state index contributed by atoms with van der Waals surface area (Å²) in [6, 6.07) is 8.07. The Morgan fingerprint density at radius 1 is 1.35 bits per heavy atom. The number of anilines is 1. The third-order valence-electron chi connectivity index (χ3n) is 3.44. The fourth-order valence-corrected chi connectivity index (χ4v) is 1.48. The summed E-state index contributed by atoms with van der Waals surface area (Å²) >= 11 is 0. The Morgan fingerprint density at radius 3 is 2.47 bits per heavy atom. The number of hydrogen-bond acceptors (Lipinski definition) is 2. The van der Waals surface area contributed by atoms with Crippen LogP contribution in [-0.2, 0) is 0 Å². The molecule has 1 aromatic rings. The summed E-state index contributed by atoms with van der Waals surface area (Å²) in [5, 5.41) is 12.3. The molecule has 0 aromatic heterocycles. The maximum atomic E-state index is 8.86. The molecule has 2 heteroatoms. The lowest BCUT2D eigenvalue weighted by atomic mass is 9.82. The van der Waals surface area contributed by atoms with Gasteiger partial charge in [0, 0.05) is 12.2 Å². The molecule has 0 spiro atoms. The summed E-state index contributed by atoms with van der Waals surface area (Å²) in [6.45, 7) is 11.9. The Balaban J connectivity index is 2.66. The van der Waals surface area contributed by atoms with E-state index in [2.05, 4.69) is 39.1 Å². The summed E-state index contributed by atoms with van der Waals surface area (Å²) in [4.78, 5) is 0. The smallest absolute Gasteiger partial charge is 0.0994 e. The van der Waals surface area contributed by atoms with Gasteiger partial charge in [0.1, 0.15) is 0 Å². The van der Waals surface area contributed by atoms with E-state index in [1.807, 2.05) is 25.1 Å². The zero-order chi connectivity index (χ0) is 13.1. The first kappa shape index (κ1) is 13.6. The molecule has 0 heterocycles. The lowest BCUT2D eigenvalue weighted by Crippen LogP contribution is -2.24. The predicted molar refractivity (Wildman–Crippen MR) is 73.0 cm³/mol. The molecule has 17 heavy (non-hydrogen) atoms.